The normalized spacial score (nSPS) is 17.1. The number of aromatic nitrogens is 3. The predicted molar refractivity (Wildman–Crippen MR) is 101 cm³/mol. The topological polar surface area (TPSA) is 81.4 Å². The van der Waals surface area contributed by atoms with Gasteiger partial charge in [0.1, 0.15) is 21.5 Å². The second kappa shape index (κ2) is 7.48. The lowest BCUT2D eigenvalue weighted by Gasteiger charge is -2.30. The number of carbonyl (C=O) groups is 1. The van der Waals surface area contributed by atoms with Crippen LogP contribution in [-0.4, -0.2) is 46.4 Å². The third kappa shape index (κ3) is 3.71. The van der Waals surface area contributed by atoms with E-state index in [1.54, 1.807) is 31.4 Å². The highest BCUT2D eigenvalue weighted by molar-refractivity contribution is 7.14. The van der Waals surface area contributed by atoms with Crippen molar-refractivity contribution in [3.8, 4) is 16.3 Å². The molecule has 7 nitrogen and oxygen atoms in total. The molecule has 0 radical (unpaired) electrons. The van der Waals surface area contributed by atoms with E-state index in [9.17, 15) is 4.79 Å². The first-order valence-corrected chi connectivity index (χ1v) is 9.66. The lowest BCUT2D eigenvalue weighted by Crippen LogP contribution is -2.39. The van der Waals surface area contributed by atoms with Crippen molar-refractivity contribution in [2.24, 2.45) is 0 Å². The maximum atomic E-state index is 12.6. The first kappa shape index (κ1) is 17.7. The van der Waals surface area contributed by atoms with E-state index in [1.165, 1.54) is 0 Å². The maximum absolute atomic E-state index is 12.6. The third-order valence-corrected chi connectivity index (χ3v) is 5.82. The van der Waals surface area contributed by atoms with Gasteiger partial charge in [-0.1, -0.05) is 16.5 Å². The number of aryl methyl sites for hydroxylation is 1. The van der Waals surface area contributed by atoms with Crippen molar-refractivity contribution in [3.05, 3.63) is 46.8 Å². The van der Waals surface area contributed by atoms with Crippen molar-refractivity contribution >= 4 is 17.2 Å². The lowest BCUT2D eigenvalue weighted by molar-refractivity contribution is 0.0696. The minimum absolute atomic E-state index is 0.0866. The summed E-state index contributed by atoms with van der Waals surface area (Å²) in [5.74, 6) is 1.56. The fraction of sp³-hybridized carbons (Fsp3) is 0.368. The van der Waals surface area contributed by atoms with Gasteiger partial charge in [0.2, 0.25) is 0 Å². The van der Waals surface area contributed by atoms with E-state index in [0.29, 0.717) is 18.0 Å². The zero-order valence-corrected chi connectivity index (χ0v) is 16.0. The van der Waals surface area contributed by atoms with Gasteiger partial charge in [-0.3, -0.25) is 4.79 Å². The van der Waals surface area contributed by atoms with Crippen LogP contribution in [0.25, 0.3) is 10.6 Å². The fourth-order valence-electron chi connectivity index (χ4n) is 3.24. The van der Waals surface area contributed by atoms with Crippen molar-refractivity contribution in [2.75, 3.05) is 20.2 Å². The molecule has 1 atom stereocenters. The van der Waals surface area contributed by atoms with Gasteiger partial charge in [0, 0.05) is 30.6 Å². The van der Waals surface area contributed by atoms with Crippen LogP contribution in [-0.2, 0) is 0 Å². The number of piperidine rings is 1. The highest BCUT2D eigenvalue weighted by atomic mass is 32.1. The molecule has 2 aromatic heterocycles. The van der Waals surface area contributed by atoms with Gasteiger partial charge in [-0.15, -0.1) is 10.2 Å². The summed E-state index contributed by atoms with van der Waals surface area (Å²) in [4.78, 5) is 14.5. The van der Waals surface area contributed by atoms with Gasteiger partial charge in [0.15, 0.2) is 5.69 Å². The number of rotatable bonds is 4. The monoisotopic (exact) mass is 384 g/mol. The van der Waals surface area contributed by atoms with E-state index < -0.39 is 0 Å². The van der Waals surface area contributed by atoms with Crippen molar-refractivity contribution in [2.45, 2.75) is 25.7 Å². The molecule has 140 valence electrons. The van der Waals surface area contributed by atoms with Crippen LogP contribution in [0.2, 0.25) is 0 Å². The first-order valence-electron chi connectivity index (χ1n) is 8.84. The summed E-state index contributed by atoms with van der Waals surface area (Å²) in [5, 5.41) is 14.4. The van der Waals surface area contributed by atoms with Crippen molar-refractivity contribution in [1.29, 1.82) is 0 Å². The quantitative estimate of drug-likeness (QED) is 0.684. The molecule has 0 spiro atoms. The number of ether oxygens (including phenoxy) is 1. The first-order chi connectivity index (χ1) is 13.1. The Hall–Kier alpha value is -2.74. The Labute approximate surface area is 161 Å². The van der Waals surface area contributed by atoms with Crippen LogP contribution in [0, 0.1) is 6.92 Å². The summed E-state index contributed by atoms with van der Waals surface area (Å²) in [6.07, 6.45) is 1.93. The van der Waals surface area contributed by atoms with Crippen LogP contribution in [0.15, 0.2) is 34.9 Å². The summed E-state index contributed by atoms with van der Waals surface area (Å²) in [7, 11) is 1.65. The minimum atomic E-state index is -0.0866. The van der Waals surface area contributed by atoms with Gasteiger partial charge in [-0.2, -0.15) is 0 Å². The average molecular weight is 384 g/mol. The number of likely N-dealkylation sites (tertiary alicyclic amines) is 1. The van der Waals surface area contributed by atoms with Crippen LogP contribution in [0.4, 0.5) is 0 Å². The van der Waals surface area contributed by atoms with Crippen molar-refractivity contribution in [3.63, 3.8) is 0 Å². The van der Waals surface area contributed by atoms with E-state index in [2.05, 4.69) is 15.4 Å². The molecule has 0 bridgehead atoms. The van der Waals surface area contributed by atoms with E-state index in [1.807, 2.05) is 29.2 Å². The highest BCUT2D eigenvalue weighted by Gasteiger charge is 2.29. The molecule has 1 aromatic carbocycles. The van der Waals surface area contributed by atoms with E-state index >= 15 is 0 Å². The zero-order valence-electron chi connectivity index (χ0n) is 15.2. The molecule has 0 N–H and O–H groups in total. The molecule has 0 saturated carbocycles. The fourth-order valence-corrected chi connectivity index (χ4v) is 4.22. The van der Waals surface area contributed by atoms with Crippen LogP contribution < -0.4 is 4.74 Å². The molecule has 1 aliphatic heterocycles. The van der Waals surface area contributed by atoms with Gasteiger partial charge in [-0.05, 0) is 44.0 Å². The Morgan fingerprint density at radius 1 is 1.30 bits per heavy atom. The lowest BCUT2D eigenvalue weighted by atomic mass is 9.98. The molecule has 3 aromatic rings. The van der Waals surface area contributed by atoms with Crippen LogP contribution >= 0.6 is 11.3 Å². The van der Waals surface area contributed by atoms with E-state index in [4.69, 9.17) is 9.26 Å². The molecule has 1 amide bonds. The van der Waals surface area contributed by atoms with E-state index in [0.717, 1.165) is 40.7 Å². The van der Waals surface area contributed by atoms with E-state index in [-0.39, 0.29) is 11.8 Å². The Morgan fingerprint density at radius 3 is 2.81 bits per heavy atom. The molecular weight excluding hydrogens is 364 g/mol. The zero-order chi connectivity index (χ0) is 18.8. The van der Waals surface area contributed by atoms with Gasteiger partial charge in [0.25, 0.3) is 5.91 Å². The minimum Gasteiger partial charge on any atom is -0.497 e. The summed E-state index contributed by atoms with van der Waals surface area (Å²) in [5.41, 5.74) is 1.38. The summed E-state index contributed by atoms with van der Waals surface area (Å²) >= 11 is 1.58. The number of hydrogen-bond donors (Lipinski definition) is 0. The molecule has 1 saturated heterocycles. The van der Waals surface area contributed by atoms with Gasteiger partial charge < -0.3 is 14.2 Å². The number of amides is 1. The van der Waals surface area contributed by atoms with Crippen LogP contribution in [0.1, 0.15) is 40.0 Å². The van der Waals surface area contributed by atoms with Crippen LogP contribution in [0.3, 0.4) is 0 Å². The molecule has 4 rings (SSSR count). The molecular formula is C19H20N4O3S. The average Bonchev–Trinajstić information content (AvgIpc) is 3.37. The second-order valence-corrected chi connectivity index (χ2v) is 7.60. The van der Waals surface area contributed by atoms with Gasteiger partial charge in [0.05, 0.1) is 7.11 Å². The summed E-state index contributed by atoms with van der Waals surface area (Å²) in [6, 6.07) is 9.47. The maximum Gasteiger partial charge on any atom is 0.276 e. The van der Waals surface area contributed by atoms with Gasteiger partial charge in [-0.25, -0.2) is 0 Å². The highest BCUT2D eigenvalue weighted by Crippen LogP contribution is 2.33. The molecule has 1 fully saturated rings. The Kier molecular flexibility index (Phi) is 4.89. The number of benzene rings is 1. The second-order valence-electron chi connectivity index (χ2n) is 6.59. The Bertz CT molecular complexity index is 935. The third-order valence-electron chi connectivity index (χ3n) is 4.68. The number of hydrogen-bond acceptors (Lipinski definition) is 7. The number of carbonyl (C=O) groups excluding carboxylic acids is 1. The summed E-state index contributed by atoms with van der Waals surface area (Å²) < 4.78 is 10.2. The number of methoxy groups -OCH3 is 1. The largest absolute Gasteiger partial charge is 0.497 e. The molecule has 1 aliphatic rings. The van der Waals surface area contributed by atoms with Crippen molar-refractivity contribution < 1.29 is 14.1 Å². The Balaban J connectivity index is 1.48. The SMILES string of the molecule is COc1ccc(-c2nnc([C@@H]3CCCN(C(=O)c4cc(C)on4)C3)s2)cc1. The molecule has 0 aliphatic carbocycles. The number of nitrogens with zero attached hydrogens (tertiary/aromatic N) is 4. The standard InChI is InChI=1S/C19H20N4O3S/c1-12-10-16(22-26-12)19(24)23-9-3-4-14(11-23)18-21-20-17(27-18)13-5-7-15(25-2)8-6-13/h5-8,10,14H,3-4,9,11H2,1-2H3/t14-/m1/s1. The van der Waals surface area contributed by atoms with Gasteiger partial charge >= 0.3 is 0 Å². The van der Waals surface area contributed by atoms with Crippen LogP contribution in [0.5, 0.6) is 5.75 Å². The molecule has 0 unspecified atom stereocenters. The smallest absolute Gasteiger partial charge is 0.276 e. The van der Waals surface area contributed by atoms with Crippen molar-refractivity contribution in [1.82, 2.24) is 20.3 Å². The predicted octanol–water partition coefficient (Wildman–Crippen LogP) is 3.53. The Morgan fingerprint density at radius 2 is 2.11 bits per heavy atom. The molecule has 27 heavy (non-hydrogen) atoms. The molecule has 8 heteroatoms. The molecule has 3 heterocycles. The summed E-state index contributed by atoms with van der Waals surface area (Å²) in [6.45, 7) is 3.14.